The minimum atomic E-state index is -2.64. The molecule has 1 rings (SSSR count). The van der Waals surface area contributed by atoms with Gasteiger partial charge >= 0.3 is 0 Å². The molecule has 0 radical (unpaired) electrons. The van der Waals surface area contributed by atoms with Crippen LogP contribution in [0.15, 0.2) is 0 Å². The maximum atomic E-state index is 13.0. The van der Waals surface area contributed by atoms with Crippen LogP contribution >= 0.6 is 11.6 Å². The minimum Gasteiger partial charge on any atom is -0.341 e. The monoisotopic (exact) mass is 239 g/mol. The van der Waals surface area contributed by atoms with Crippen molar-refractivity contribution in [3.8, 4) is 0 Å². The summed E-state index contributed by atoms with van der Waals surface area (Å²) in [5, 5.41) is -0.566. The number of hydrogen-bond donors (Lipinski definition) is 0. The van der Waals surface area contributed by atoms with Crippen molar-refractivity contribution >= 4 is 17.5 Å². The Morgan fingerprint density at radius 2 is 1.93 bits per heavy atom. The minimum absolute atomic E-state index is 0.158. The zero-order valence-electron chi connectivity index (χ0n) is 8.97. The van der Waals surface area contributed by atoms with Gasteiger partial charge in [0.15, 0.2) is 0 Å². The third-order valence-electron chi connectivity index (χ3n) is 2.86. The fourth-order valence-corrected chi connectivity index (χ4v) is 2.00. The first-order valence-corrected chi connectivity index (χ1v) is 5.56. The average Bonchev–Trinajstić information content (AvgIpc) is 2.15. The molecular formula is C10H16ClF2NO. The third-order valence-corrected chi connectivity index (χ3v) is 3.05. The zero-order valence-corrected chi connectivity index (χ0v) is 9.73. The maximum absolute atomic E-state index is 13.0. The van der Waals surface area contributed by atoms with E-state index < -0.39 is 17.2 Å². The summed E-state index contributed by atoms with van der Waals surface area (Å²) in [5.41, 5.74) is 0. The molecule has 0 aliphatic carbocycles. The molecule has 0 aromatic rings. The van der Waals surface area contributed by atoms with Gasteiger partial charge in [0.1, 0.15) is 5.38 Å². The van der Waals surface area contributed by atoms with E-state index >= 15 is 0 Å². The van der Waals surface area contributed by atoms with Crippen LogP contribution in [0.2, 0.25) is 0 Å². The number of alkyl halides is 3. The van der Waals surface area contributed by atoms with Gasteiger partial charge in [0, 0.05) is 19.0 Å². The van der Waals surface area contributed by atoms with Gasteiger partial charge in [0.05, 0.1) is 0 Å². The summed E-state index contributed by atoms with van der Waals surface area (Å²) in [6.07, 6.45) is 0.720. The molecule has 1 fully saturated rings. The highest BCUT2D eigenvalue weighted by Gasteiger charge is 2.37. The molecular weight excluding hydrogens is 224 g/mol. The van der Waals surface area contributed by atoms with Gasteiger partial charge in [-0.3, -0.25) is 4.79 Å². The normalized spacial score (nSPS) is 21.5. The molecule has 1 aliphatic heterocycles. The molecule has 0 N–H and O–H groups in total. The van der Waals surface area contributed by atoms with E-state index in [9.17, 15) is 13.6 Å². The molecule has 1 amide bonds. The number of halogens is 3. The molecule has 0 aromatic carbocycles. The number of likely N-dealkylation sites (tertiary alicyclic amines) is 1. The Balaban J connectivity index is 2.46. The lowest BCUT2D eigenvalue weighted by molar-refractivity contribution is -0.134. The lowest BCUT2D eigenvalue weighted by atomic mass is 9.91. The summed E-state index contributed by atoms with van der Waals surface area (Å²) >= 11 is 5.65. The molecule has 1 heterocycles. The van der Waals surface area contributed by atoms with Crippen LogP contribution in [0.1, 0.15) is 26.7 Å². The topological polar surface area (TPSA) is 20.3 Å². The molecule has 0 spiro atoms. The standard InChI is InChI=1S/C10H16ClF2NO/c1-7(11)9(15)14-5-3-8(4-6-14)10(2,12)13/h7-8H,3-6H2,1-2H3/t7-/m1/s1. The molecule has 1 aliphatic rings. The first-order chi connectivity index (χ1) is 6.82. The summed E-state index contributed by atoms with van der Waals surface area (Å²) in [4.78, 5) is 13.0. The fourth-order valence-electron chi connectivity index (χ4n) is 1.86. The molecule has 0 saturated carbocycles. The van der Waals surface area contributed by atoms with E-state index in [2.05, 4.69) is 0 Å². The van der Waals surface area contributed by atoms with Crippen LogP contribution in [0, 0.1) is 5.92 Å². The highest BCUT2D eigenvalue weighted by Crippen LogP contribution is 2.32. The largest absolute Gasteiger partial charge is 0.341 e. The lowest BCUT2D eigenvalue weighted by Crippen LogP contribution is -2.44. The number of piperidine rings is 1. The second-order valence-corrected chi connectivity index (χ2v) is 4.83. The van der Waals surface area contributed by atoms with Crippen LogP contribution in [0.3, 0.4) is 0 Å². The Labute approximate surface area is 93.6 Å². The Kier molecular flexibility index (Phi) is 3.93. The van der Waals surface area contributed by atoms with Crippen LogP contribution < -0.4 is 0 Å². The third kappa shape index (κ3) is 3.30. The summed E-state index contributed by atoms with van der Waals surface area (Å²) in [5.74, 6) is -3.40. The molecule has 88 valence electrons. The van der Waals surface area contributed by atoms with Crippen LogP contribution in [0.5, 0.6) is 0 Å². The van der Waals surface area contributed by atoms with E-state index in [1.165, 1.54) is 0 Å². The molecule has 15 heavy (non-hydrogen) atoms. The van der Waals surface area contributed by atoms with Gasteiger partial charge in [-0.05, 0) is 26.7 Å². The van der Waals surface area contributed by atoms with Gasteiger partial charge < -0.3 is 4.90 Å². The van der Waals surface area contributed by atoms with Crippen molar-refractivity contribution in [2.75, 3.05) is 13.1 Å². The molecule has 0 aromatic heterocycles. The highest BCUT2D eigenvalue weighted by atomic mass is 35.5. The van der Waals surface area contributed by atoms with Gasteiger partial charge in [-0.1, -0.05) is 0 Å². The zero-order chi connectivity index (χ0) is 11.6. The lowest BCUT2D eigenvalue weighted by Gasteiger charge is -2.35. The molecule has 0 bridgehead atoms. The van der Waals surface area contributed by atoms with Crippen molar-refractivity contribution in [3.63, 3.8) is 0 Å². The number of rotatable bonds is 2. The molecule has 0 unspecified atom stereocenters. The Hall–Kier alpha value is -0.380. The average molecular weight is 240 g/mol. The first kappa shape index (κ1) is 12.7. The van der Waals surface area contributed by atoms with Crippen LogP contribution in [0.4, 0.5) is 8.78 Å². The maximum Gasteiger partial charge on any atom is 0.248 e. The summed E-state index contributed by atoms with van der Waals surface area (Å²) in [6.45, 7) is 3.33. The van der Waals surface area contributed by atoms with E-state index in [1.807, 2.05) is 0 Å². The van der Waals surface area contributed by atoms with Crippen molar-refractivity contribution in [2.45, 2.75) is 38.0 Å². The summed E-state index contributed by atoms with van der Waals surface area (Å²) in [6, 6.07) is 0. The fraction of sp³-hybridized carbons (Fsp3) is 0.900. The number of hydrogen-bond acceptors (Lipinski definition) is 1. The van der Waals surface area contributed by atoms with Crippen molar-refractivity contribution in [2.24, 2.45) is 5.92 Å². The predicted octanol–water partition coefficient (Wildman–Crippen LogP) is 2.51. The van der Waals surface area contributed by atoms with Gasteiger partial charge in [0.2, 0.25) is 11.8 Å². The molecule has 1 atom stereocenters. The van der Waals surface area contributed by atoms with Crippen LogP contribution in [-0.4, -0.2) is 35.2 Å². The Bertz CT molecular complexity index is 232. The van der Waals surface area contributed by atoms with Crippen molar-refractivity contribution in [1.29, 1.82) is 0 Å². The van der Waals surface area contributed by atoms with Crippen molar-refractivity contribution in [3.05, 3.63) is 0 Å². The van der Waals surface area contributed by atoms with Crippen LogP contribution in [0.25, 0.3) is 0 Å². The van der Waals surface area contributed by atoms with E-state index in [0.717, 1.165) is 6.92 Å². The SMILES string of the molecule is C[C@@H](Cl)C(=O)N1CCC(C(C)(F)F)CC1. The second-order valence-electron chi connectivity index (χ2n) is 4.17. The van der Waals surface area contributed by atoms with Gasteiger partial charge in [-0.15, -0.1) is 11.6 Å². The van der Waals surface area contributed by atoms with E-state index in [0.29, 0.717) is 25.9 Å². The molecule has 5 heteroatoms. The number of amides is 1. The summed E-state index contributed by atoms with van der Waals surface area (Å²) in [7, 11) is 0. The van der Waals surface area contributed by atoms with E-state index in [4.69, 9.17) is 11.6 Å². The number of carbonyl (C=O) groups excluding carboxylic acids is 1. The highest BCUT2D eigenvalue weighted by molar-refractivity contribution is 6.30. The molecule has 1 saturated heterocycles. The Morgan fingerprint density at radius 3 is 2.27 bits per heavy atom. The van der Waals surface area contributed by atoms with Gasteiger partial charge in [-0.25, -0.2) is 8.78 Å². The van der Waals surface area contributed by atoms with Gasteiger partial charge in [-0.2, -0.15) is 0 Å². The molecule has 2 nitrogen and oxygen atoms in total. The quantitative estimate of drug-likeness (QED) is 0.678. The Morgan fingerprint density at radius 1 is 1.47 bits per heavy atom. The van der Waals surface area contributed by atoms with E-state index in [-0.39, 0.29) is 5.91 Å². The summed E-state index contributed by atoms with van der Waals surface area (Å²) < 4.78 is 25.9. The smallest absolute Gasteiger partial charge is 0.248 e. The number of nitrogens with zero attached hydrogens (tertiary/aromatic N) is 1. The van der Waals surface area contributed by atoms with Crippen molar-refractivity contribution < 1.29 is 13.6 Å². The predicted molar refractivity (Wildman–Crippen MR) is 55.2 cm³/mol. The van der Waals surface area contributed by atoms with E-state index in [1.54, 1.807) is 11.8 Å². The van der Waals surface area contributed by atoms with Gasteiger partial charge in [0.25, 0.3) is 0 Å². The van der Waals surface area contributed by atoms with Crippen molar-refractivity contribution in [1.82, 2.24) is 4.90 Å². The second kappa shape index (κ2) is 4.64. The first-order valence-electron chi connectivity index (χ1n) is 5.13. The number of carbonyl (C=O) groups is 1. The van der Waals surface area contributed by atoms with Crippen LogP contribution in [-0.2, 0) is 4.79 Å².